The van der Waals surface area contributed by atoms with E-state index in [1.807, 2.05) is 18.4 Å². The van der Waals surface area contributed by atoms with Crippen LogP contribution in [0.25, 0.3) is 0 Å². The second-order valence-corrected chi connectivity index (χ2v) is 5.04. The Morgan fingerprint density at radius 2 is 2.38 bits per heavy atom. The Morgan fingerprint density at radius 1 is 1.56 bits per heavy atom. The van der Waals surface area contributed by atoms with Crippen molar-refractivity contribution in [1.29, 1.82) is 0 Å². The first kappa shape index (κ1) is 11.4. The number of furan rings is 1. The predicted octanol–water partition coefficient (Wildman–Crippen LogP) is 3.34. The molecular weight excluding hydrogens is 290 g/mol. The highest BCUT2D eigenvalue weighted by Gasteiger charge is 2.12. The molecule has 2 aromatic heterocycles. The molecule has 0 atom stereocenters. The molecule has 5 heteroatoms. The van der Waals surface area contributed by atoms with E-state index in [9.17, 15) is 4.79 Å². The molecule has 84 valence electrons. The van der Waals surface area contributed by atoms with Crippen LogP contribution in [0.4, 0.5) is 0 Å². The zero-order chi connectivity index (χ0) is 11.5. The molecule has 16 heavy (non-hydrogen) atoms. The molecule has 0 saturated carbocycles. The number of aryl methyl sites for hydroxylation is 1. The van der Waals surface area contributed by atoms with Gasteiger partial charge >= 0.3 is 0 Å². The first-order valence-electron chi connectivity index (χ1n) is 4.72. The molecule has 2 heterocycles. The van der Waals surface area contributed by atoms with Crippen LogP contribution in [-0.2, 0) is 6.54 Å². The van der Waals surface area contributed by atoms with Gasteiger partial charge in [-0.3, -0.25) is 4.79 Å². The lowest BCUT2D eigenvalue weighted by atomic mass is 10.3. The summed E-state index contributed by atoms with van der Waals surface area (Å²) in [7, 11) is 0. The third-order valence-corrected chi connectivity index (χ3v) is 3.88. The van der Waals surface area contributed by atoms with Crippen molar-refractivity contribution >= 4 is 33.2 Å². The Bertz CT molecular complexity index is 504. The Kier molecular flexibility index (Phi) is 3.46. The second-order valence-electron chi connectivity index (χ2n) is 3.32. The Labute approximate surface area is 106 Å². The number of rotatable bonds is 3. The zero-order valence-corrected chi connectivity index (χ0v) is 11.0. The lowest BCUT2D eigenvalue weighted by molar-refractivity contribution is 0.0949. The van der Waals surface area contributed by atoms with E-state index in [1.165, 1.54) is 16.7 Å². The molecule has 0 fully saturated rings. The molecule has 0 aliphatic rings. The molecule has 1 amide bonds. The minimum absolute atomic E-state index is 0.131. The molecule has 1 N–H and O–H groups in total. The van der Waals surface area contributed by atoms with Gasteiger partial charge in [0.2, 0.25) is 0 Å². The van der Waals surface area contributed by atoms with Gasteiger partial charge < -0.3 is 9.73 Å². The summed E-state index contributed by atoms with van der Waals surface area (Å²) >= 11 is 4.82. The summed E-state index contributed by atoms with van der Waals surface area (Å²) in [6, 6.07) is 3.68. The fraction of sp³-hybridized carbons (Fsp3) is 0.182. The van der Waals surface area contributed by atoms with Gasteiger partial charge in [0.1, 0.15) is 0 Å². The van der Waals surface area contributed by atoms with Gasteiger partial charge in [-0.2, -0.15) is 0 Å². The van der Waals surface area contributed by atoms with Crippen molar-refractivity contribution in [2.24, 2.45) is 0 Å². The van der Waals surface area contributed by atoms with Crippen molar-refractivity contribution < 1.29 is 9.21 Å². The normalized spacial score (nSPS) is 10.4. The van der Waals surface area contributed by atoms with Crippen molar-refractivity contribution in [1.82, 2.24) is 5.32 Å². The number of thiophene rings is 1. The Balaban J connectivity index is 1.99. The van der Waals surface area contributed by atoms with Crippen molar-refractivity contribution in [3.05, 3.63) is 44.4 Å². The predicted molar refractivity (Wildman–Crippen MR) is 66.6 cm³/mol. The van der Waals surface area contributed by atoms with Gasteiger partial charge in [-0.05, 0) is 45.9 Å². The third kappa shape index (κ3) is 2.36. The van der Waals surface area contributed by atoms with E-state index in [4.69, 9.17) is 4.42 Å². The Hall–Kier alpha value is -1.07. The molecule has 0 aromatic carbocycles. The van der Waals surface area contributed by atoms with Crippen molar-refractivity contribution in [3.8, 4) is 0 Å². The smallest absolute Gasteiger partial charge is 0.256 e. The average molecular weight is 300 g/mol. The lowest BCUT2D eigenvalue weighted by Crippen LogP contribution is -2.22. The summed E-state index contributed by atoms with van der Waals surface area (Å²) in [5.74, 6) is -0.131. The minimum atomic E-state index is -0.131. The summed E-state index contributed by atoms with van der Waals surface area (Å²) in [6.45, 7) is 2.59. The number of amides is 1. The van der Waals surface area contributed by atoms with Crippen LogP contribution in [0.1, 0.15) is 20.8 Å². The number of carbonyl (C=O) groups excluding carboxylic acids is 1. The van der Waals surface area contributed by atoms with Gasteiger partial charge in [0.05, 0.1) is 18.4 Å². The maximum absolute atomic E-state index is 11.7. The molecule has 0 bridgehead atoms. The van der Waals surface area contributed by atoms with Crippen LogP contribution in [0, 0.1) is 6.92 Å². The first-order valence-corrected chi connectivity index (χ1v) is 6.40. The molecule has 0 spiro atoms. The fourth-order valence-corrected chi connectivity index (χ4v) is 2.56. The molecule has 0 saturated heterocycles. The number of hydrogen-bond acceptors (Lipinski definition) is 3. The Morgan fingerprint density at radius 3 is 2.94 bits per heavy atom. The van der Waals surface area contributed by atoms with E-state index in [1.54, 1.807) is 17.4 Å². The topological polar surface area (TPSA) is 42.2 Å². The molecular formula is C11H10BrNO2S. The summed E-state index contributed by atoms with van der Waals surface area (Å²) in [6.07, 6.45) is 1.48. The second kappa shape index (κ2) is 4.84. The monoisotopic (exact) mass is 299 g/mol. The van der Waals surface area contributed by atoms with Crippen LogP contribution in [-0.4, -0.2) is 5.91 Å². The highest BCUT2D eigenvalue weighted by Crippen LogP contribution is 2.18. The summed E-state index contributed by atoms with van der Waals surface area (Å²) in [4.78, 5) is 12.9. The van der Waals surface area contributed by atoms with Crippen LogP contribution in [0.2, 0.25) is 0 Å². The summed E-state index contributed by atoms with van der Waals surface area (Å²) in [5.41, 5.74) is 1.73. The van der Waals surface area contributed by atoms with Gasteiger partial charge in [-0.25, -0.2) is 0 Å². The SMILES string of the molecule is Cc1ccsc1CNC(=O)c1ccoc1Br. The molecule has 0 aliphatic heterocycles. The van der Waals surface area contributed by atoms with E-state index >= 15 is 0 Å². The van der Waals surface area contributed by atoms with E-state index in [0.717, 1.165) is 0 Å². The summed E-state index contributed by atoms with van der Waals surface area (Å²) in [5, 5.41) is 4.87. The van der Waals surface area contributed by atoms with Crippen molar-refractivity contribution in [2.75, 3.05) is 0 Å². The standard InChI is InChI=1S/C11H10BrNO2S/c1-7-3-5-16-9(7)6-13-11(14)8-2-4-15-10(8)12/h2-5H,6H2,1H3,(H,13,14). The van der Waals surface area contributed by atoms with Gasteiger partial charge in [-0.15, -0.1) is 11.3 Å². The quantitative estimate of drug-likeness (QED) is 0.944. The molecule has 0 radical (unpaired) electrons. The van der Waals surface area contributed by atoms with E-state index in [0.29, 0.717) is 16.8 Å². The molecule has 3 nitrogen and oxygen atoms in total. The van der Waals surface area contributed by atoms with Crippen LogP contribution in [0.5, 0.6) is 0 Å². The van der Waals surface area contributed by atoms with Gasteiger partial charge in [0.25, 0.3) is 5.91 Å². The highest BCUT2D eigenvalue weighted by molar-refractivity contribution is 9.10. The van der Waals surface area contributed by atoms with Gasteiger partial charge in [0.15, 0.2) is 4.67 Å². The van der Waals surface area contributed by atoms with Crippen LogP contribution in [0.3, 0.4) is 0 Å². The van der Waals surface area contributed by atoms with Crippen LogP contribution in [0.15, 0.2) is 32.9 Å². The maximum atomic E-state index is 11.7. The maximum Gasteiger partial charge on any atom is 0.256 e. The molecule has 0 unspecified atom stereocenters. The van der Waals surface area contributed by atoms with Crippen LogP contribution < -0.4 is 5.32 Å². The van der Waals surface area contributed by atoms with Crippen LogP contribution >= 0.6 is 27.3 Å². The number of nitrogens with one attached hydrogen (secondary N) is 1. The number of carbonyl (C=O) groups is 1. The lowest BCUT2D eigenvalue weighted by Gasteiger charge is -2.02. The molecule has 2 rings (SSSR count). The fourth-order valence-electron chi connectivity index (χ4n) is 1.30. The van der Waals surface area contributed by atoms with E-state index in [2.05, 4.69) is 21.2 Å². The van der Waals surface area contributed by atoms with Crippen molar-refractivity contribution in [2.45, 2.75) is 13.5 Å². The summed E-state index contributed by atoms with van der Waals surface area (Å²) < 4.78 is 5.47. The number of halogens is 1. The third-order valence-electron chi connectivity index (χ3n) is 2.24. The minimum Gasteiger partial charge on any atom is -0.457 e. The van der Waals surface area contributed by atoms with Gasteiger partial charge in [0, 0.05) is 4.88 Å². The largest absolute Gasteiger partial charge is 0.457 e. The zero-order valence-electron chi connectivity index (χ0n) is 8.62. The van der Waals surface area contributed by atoms with Crippen molar-refractivity contribution in [3.63, 3.8) is 0 Å². The average Bonchev–Trinajstić information content (AvgIpc) is 2.84. The van der Waals surface area contributed by atoms with E-state index in [-0.39, 0.29) is 5.91 Å². The number of hydrogen-bond donors (Lipinski definition) is 1. The molecule has 0 aliphatic carbocycles. The first-order chi connectivity index (χ1) is 7.68. The van der Waals surface area contributed by atoms with E-state index < -0.39 is 0 Å². The highest BCUT2D eigenvalue weighted by atomic mass is 79.9. The van der Waals surface area contributed by atoms with Gasteiger partial charge in [-0.1, -0.05) is 0 Å². The molecule has 2 aromatic rings.